The Morgan fingerprint density at radius 1 is 0.875 bits per heavy atom. The van der Waals surface area contributed by atoms with E-state index in [1.807, 2.05) is 54.6 Å². The lowest BCUT2D eigenvalue weighted by Crippen LogP contribution is -2.33. The summed E-state index contributed by atoms with van der Waals surface area (Å²) in [6, 6.07) is 17.7. The number of benzene rings is 2. The second kappa shape index (κ2) is 13.4. The normalized spacial score (nSPS) is 14.0. The predicted octanol–water partition coefficient (Wildman–Crippen LogP) is 5.34. The van der Waals surface area contributed by atoms with E-state index in [0.717, 1.165) is 36.0 Å². The summed E-state index contributed by atoms with van der Waals surface area (Å²) in [4.78, 5) is 6.98. The number of aromatic nitrogens is 2. The molecule has 0 N–H and O–H groups in total. The number of thioether (sulfide) groups is 1. The average Bonchev–Trinajstić information content (AvgIpc) is 3.30. The van der Waals surface area contributed by atoms with Crippen LogP contribution in [0.4, 0.5) is 0 Å². The van der Waals surface area contributed by atoms with Gasteiger partial charge in [0.2, 0.25) is 11.7 Å². The maximum atomic E-state index is 5.89. The number of nitrogens with zero attached hydrogens (tertiary/aromatic N) is 3. The average molecular weight is 476 g/mol. The number of hydrogen-bond donors (Lipinski definition) is 0. The summed E-state index contributed by atoms with van der Waals surface area (Å²) in [5, 5.41) is 4.11. The Balaban J connectivity index is 0.00000289. The molecular weight excluding hydrogens is 446 g/mol. The van der Waals surface area contributed by atoms with E-state index >= 15 is 0 Å². The minimum atomic E-state index is 0. The standard InChI is InChI=1S/C24H29N3O3S.ClH/c1-3-7-21(8-4-1)29-17-18-31-19-23-25-24(26-30-23)20-9-11-22(12-10-20)28-16-15-27-13-5-2-6-14-27;/h1,3-4,7-12H,2,5-6,13-19H2;1H. The highest BCUT2D eigenvalue weighted by molar-refractivity contribution is 7.98. The zero-order valence-electron chi connectivity index (χ0n) is 18.2. The van der Waals surface area contributed by atoms with Crippen LogP contribution in [0.5, 0.6) is 11.5 Å². The van der Waals surface area contributed by atoms with Crippen molar-refractivity contribution in [3.63, 3.8) is 0 Å². The third kappa shape index (κ3) is 7.73. The number of ether oxygens (including phenoxy) is 2. The Morgan fingerprint density at radius 3 is 2.38 bits per heavy atom. The molecule has 0 aliphatic carbocycles. The molecule has 172 valence electrons. The first-order chi connectivity index (χ1) is 15.4. The van der Waals surface area contributed by atoms with Crippen LogP contribution in [0.3, 0.4) is 0 Å². The molecule has 6 nitrogen and oxygen atoms in total. The topological polar surface area (TPSA) is 60.6 Å². The van der Waals surface area contributed by atoms with Gasteiger partial charge in [-0.25, -0.2) is 0 Å². The fourth-order valence-electron chi connectivity index (χ4n) is 3.50. The van der Waals surface area contributed by atoms with Gasteiger partial charge in [-0.3, -0.25) is 4.90 Å². The largest absolute Gasteiger partial charge is 0.493 e. The predicted molar refractivity (Wildman–Crippen MR) is 131 cm³/mol. The fourth-order valence-corrected chi connectivity index (χ4v) is 4.14. The summed E-state index contributed by atoms with van der Waals surface area (Å²) in [7, 11) is 0. The van der Waals surface area contributed by atoms with Crippen LogP contribution >= 0.6 is 24.2 Å². The molecule has 1 aromatic heterocycles. The van der Waals surface area contributed by atoms with Crippen LogP contribution in [-0.2, 0) is 5.75 Å². The van der Waals surface area contributed by atoms with Crippen LogP contribution in [0.2, 0.25) is 0 Å². The van der Waals surface area contributed by atoms with E-state index in [0.29, 0.717) is 24.1 Å². The number of para-hydroxylation sites is 1. The third-order valence-electron chi connectivity index (χ3n) is 5.17. The molecule has 0 unspecified atom stereocenters. The van der Waals surface area contributed by atoms with E-state index in [1.54, 1.807) is 11.8 Å². The molecule has 2 aromatic carbocycles. The van der Waals surface area contributed by atoms with Gasteiger partial charge in [-0.05, 0) is 62.3 Å². The van der Waals surface area contributed by atoms with Crippen LogP contribution in [0, 0.1) is 0 Å². The van der Waals surface area contributed by atoms with Crippen molar-refractivity contribution in [2.45, 2.75) is 25.0 Å². The summed E-state index contributed by atoms with van der Waals surface area (Å²) < 4.78 is 17.0. The molecule has 0 spiro atoms. The summed E-state index contributed by atoms with van der Waals surface area (Å²) in [5.74, 6) is 4.52. The van der Waals surface area contributed by atoms with E-state index < -0.39 is 0 Å². The Kier molecular flexibility index (Phi) is 10.2. The van der Waals surface area contributed by atoms with Crippen molar-refractivity contribution in [3.8, 4) is 22.9 Å². The van der Waals surface area contributed by atoms with Crippen molar-refractivity contribution >= 4 is 24.2 Å². The quantitative estimate of drug-likeness (QED) is 0.347. The van der Waals surface area contributed by atoms with Crippen LogP contribution in [0.25, 0.3) is 11.4 Å². The Labute approximate surface area is 200 Å². The van der Waals surface area contributed by atoms with Gasteiger partial charge in [0, 0.05) is 17.9 Å². The van der Waals surface area contributed by atoms with Crippen molar-refractivity contribution < 1.29 is 14.0 Å². The highest BCUT2D eigenvalue weighted by Gasteiger charge is 2.11. The number of piperidine rings is 1. The van der Waals surface area contributed by atoms with Crippen LogP contribution in [0.15, 0.2) is 59.1 Å². The Hall–Kier alpha value is -2.22. The Morgan fingerprint density at radius 2 is 1.59 bits per heavy atom. The van der Waals surface area contributed by atoms with E-state index in [4.69, 9.17) is 14.0 Å². The molecule has 0 radical (unpaired) electrons. The first-order valence-electron chi connectivity index (χ1n) is 10.9. The molecular formula is C24H30ClN3O3S. The van der Waals surface area contributed by atoms with Crippen molar-refractivity contribution in [3.05, 3.63) is 60.5 Å². The van der Waals surface area contributed by atoms with E-state index in [2.05, 4.69) is 15.0 Å². The summed E-state index contributed by atoms with van der Waals surface area (Å²) in [6.45, 7) is 4.75. The van der Waals surface area contributed by atoms with Gasteiger partial charge in [-0.1, -0.05) is 29.8 Å². The molecule has 32 heavy (non-hydrogen) atoms. The number of halogens is 1. The minimum absolute atomic E-state index is 0. The summed E-state index contributed by atoms with van der Waals surface area (Å²) >= 11 is 1.71. The highest BCUT2D eigenvalue weighted by Crippen LogP contribution is 2.21. The van der Waals surface area contributed by atoms with Gasteiger partial charge in [-0.15, -0.1) is 24.2 Å². The molecule has 3 aromatic rings. The lowest BCUT2D eigenvalue weighted by molar-refractivity contribution is 0.183. The number of likely N-dealkylation sites (tertiary alicyclic amines) is 1. The lowest BCUT2D eigenvalue weighted by Gasteiger charge is -2.26. The highest BCUT2D eigenvalue weighted by atomic mass is 35.5. The van der Waals surface area contributed by atoms with Gasteiger partial charge >= 0.3 is 0 Å². The van der Waals surface area contributed by atoms with Gasteiger partial charge in [0.05, 0.1) is 12.4 Å². The smallest absolute Gasteiger partial charge is 0.236 e. The third-order valence-corrected chi connectivity index (χ3v) is 6.08. The monoisotopic (exact) mass is 475 g/mol. The minimum Gasteiger partial charge on any atom is -0.493 e. The molecule has 1 aliphatic rings. The van der Waals surface area contributed by atoms with E-state index in [1.165, 1.54) is 32.4 Å². The van der Waals surface area contributed by atoms with Crippen molar-refractivity contribution in [1.29, 1.82) is 0 Å². The SMILES string of the molecule is Cl.c1ccc(OCCSCc2nc(-c3ccc(OCCN4CCCCC4)cc3)no2)cc1. The van der Waals surface area contributed by atoms with Gasteiger partial charge in [-0.2, -0.15) is 4.98 Å². The molecule has 2 heterocycles. The molecule has 4 rings (SSSR count). The van der Waals surface area contributed by atoms with Gasteiger partial charge in [0.25, 0.3) is 0 Å². The molecule has 0 amide bonds. The van der Waals surface area contributed by atoms with Crippen molar-refractivity contribution in [2.24, 2.45) is 0 Å². The van der Waals surface area contributed by atoms with Crippen LogP contribution < -0.4 is 9.47 Å². The first kappa shape index (κ1) is 24.4. The summed E-state index contributed by atoms with van der Waals surface area (Å²) in [5.41, 5.74) is 0.927. The van der Waals surface area contributed by atoms with Crippen LogP contribution in [-0.4, -0.2) is 53.6 Å². The molecule has 8 heteroatoms. The second-order valence-electron chi connectivity index (χ2n) is 7.50. The van der Waals surface area contributed by atoms with Gasteiger partial charge < -0.3 is 14.0 Å². The van der Waals surface area contributed by atoms with Gasteiger partial charge in [0.15, 0.2) is 0 Å². The molecule has 0 bridgehead atoms. The first-order valence-corrected chi connectivity index (χ1v) is 12.1. The second-order valence-corrected chi connectivity index (χ2v) is 8.61. The molecule has 0 saturated carbocycles. The molecule has 1 aliphatic heterocycles. The van der Waals surface area contributed by atoms with E-state index in [9.17, 15) is 0 Å². The lowest BCUT2D eigenvalue weighted by atomic mass is 10.1. The van der Waals surface area contributed by atoms with Crippen molar-refractivity contribution in [1.82, 2.24) is 15.0 Å². The Bertz CT molecular complexity index is 902. The fraction of sp³-hybridized carbons (Fsp3) is 0.417. The van der Waals surface area contributed by atoms with E-state index in [-0.39, 0.29) is 12.4 Å². The molecule has 1 saturated heterocycles. The number of rotatable bonds is 11. The molecule has 0 atom stereocenters. The maximum Gasteiger partial charge on any atom is 0.236 e. The van der Waals surface area contributed by atoms with Crippen LogP contribution in [0.1, 0.15) is 25.2 Å². The number of hydrogen-bond acceptors (Lipinski definition) is 7. The molecule has 1 fully saturated rings. The summed E-state index contributed by atoms with van der Waals surface area (Å²) in [6.07, 6.45) is 3.97. The maximum absolute atomic E-state index is 5.89. The zero-order chi connectivity index (χ0) is 21.1. The zero-order valence-corrected chi connectivity index (χ0v) is 19.8. The van der Waals surface area contributed by atoms with Crippen molar-refractivity contribution in [2.75, 3.05) is 38.6 Å². The van der Waals surface area contributed by atoms with Gasteiger partial charge in [0.1, 0.15) is 18.1 Å².